The van der Waals surface area contributed by atoms with Crippen molar-refractivity contribution in [3.63, 3.8) is 0 Å². The third kappa shape index (κ3) is 4.47. The number of ether oxygens (including phenoxy) is 2. The molecule has 1 amide bonds. The Hall–Kier alpha value is -3.00. The van der Waals surface area contributed by atoms with Crippen LogP contribution in [0.25, 0.3) is 0 Å². The molecule has 1 aromatic heterocycles. The lowest BCUT2D eigenvalue weighted by molar-refractivity contribution is -0.144. The van der Waals surface area contributed by atoms with Crippen molar-refractivity contribution in [3.05, 3.63) is 58.4 Å². The highest BCUT2D eigenvalue weighted by atomic mass is 19.1. The molecule has 0 unspecified atom stereocenters. The number of carbonyl (C=O) groups is 1. The molecule has 3 aliphatic rings. The molecule has 10 heteroatoms. The molecule has 8 nitrogen and oxygen atoms in total. The first-order valence-electron chi connectivity index (χ1n) is 12.3. The van der Waals surface area contributed by atoms with Crippen molar-refractivity contribution >= 4 is 5.91 Å². The third-order valence-electron chi connectivity index (χ3n) is 7.47. The van der Waals surface area contributed by atoms with Crippen LogP contribution in [0.2, 0.25) is 0 Å². The van der Waals surface area contributed by atoms with Gasteiger partial charge in [0.25, 0.3) is 5.91 Å². The van der Waals surface area contributed by atoms with E-state index in [0.29, 0.717) is 38.0 Å². The van der Waals surface area contributed by atoms with E-state index in [1.165, 1.54) is 23.4 Å². The topological polar surface area (TPSA) is 109 Å². The van der Waals surface area contributed by atoms with Crippen LogP contribution in [0.3, 0.4) is 0 Å². The molecule has 1 aromatic carbocycles. The maximum Gasteiger partial charge on any atom is 0.257 e. The largest absolute Gasteiger partial charge is 0.393 e. The van der Waals surface area contributed by atoms with Crippen LogP contribution >= 0.6 is 0 Å². The van der Waals surface area contributed by atoms with E-state index in [4.69, 9.17) is 14.7 Å². The summed E-state index contributed by atoms with van der Waals surface area (Å²) in [5.41, 5.74) is -0.573. The number of rotatable bonds is 7. The SMILES string of the molecule is CC[C@H](c1cc(F)c2c(c1)C(=O)N(Cc1ncc(C#N)cn1)[C@@H]2OC1CC(O)C1)C1(F)CCOCC1. The highest BCUT2D eigenvalue weighted by Crippen LogP contribution is 2.46. The molecule has 3 heterocycles. The number of benzene rings is 1. The zero-order valence-corrected chi connectivity index (χ0v) is 20.0. The van der Waals surface area contributed by atoms with E-state index in [-0.39, 0.29) is 48.0 Å². The molecule has 1 saturated heterocycles. The molecular formula is C26H28F2N4O4. The van der Waals surface area contributed by atoms with Gasteiger partial charge in [0.15, 0.2) is 6.23 Å². The van der Waals surface area contributed by atoms with Gasteiger partial charge in [-0.25, -0.2) is 18.7 Å². The minimum Gasteiger partial charge on any atom is -0.393 e. The van der Waals surface area contributed by atoms with Gasteiger partial charge in [-0.3, -0.25) is 4.79 Å². The van der Waals surface area contributed by atoms with Crippen molar-refractivity contribution in [2.75, 3.05) is 13.2 Å². The number of hydrogen-bond acceptors (Lipinski definition) is 7. The van der Waals surface area contributed by atoms with E-state index in [1.54, 1.807) is 6.07 Å². The summed E-state index contributed by atoms with van der Waals surface area (Å²) in [6, 6.07) is 4.86. The Morgan fingerprint density at radius 1 is 1.31 bits per heavy atom. The molecule has 36 heavy (non-hydrogen) atoms. The van der Waals surface area contributed by atoms with E-state index in [9.17, 15) is 9.90 Å². The Morgan fingerprint density at radius 3 is 2.61 bits per heavy atom. The van der Waals surface area contributed by atoms with Gasteiger partial charge < -0.3 is 19.5 Å². The number of carbonyl (C=O) groups excluding carboxylic acids is 1. The monoisotopic (exact) mass is 498 g/mol. The fourth-order valence-electron chi connectivity index (χ4n) is 5.42. The fourth-order valence-corrected chi connectivity index (χ4v) is 5.42. The first-order chi connectivity index (χ1) is 17.3. The van der Waals surface area contributed by atoms with Crippen LogP contribution in [0.1, 0.15) is 84.0 Å². The number of nitriles is 1. The zero-order chi connectivity index (χ0) is 25.4. The lowest BCUT2D eigenvalue weighted by atomic mass is 9.76. The maximum absolute atomic E-state index is 15.9. The van der Waals surface area contributed by atoms with E-state index >= 15 is 8.78 Å². The number of fused-ring (bicyclic) bond motifs is 1. The second-order valence-electron chi connectivity index (χ2n) is 9.74. The Morgan fingerprint density at radius 2 is 2.00 bits per heavy atom. The molecule has 2 aromatic rings. The maximum atomic E-state index is 15.9. The van der Waals surface area contributed by atoms with Crippen LogP contribution in [0, 0.1) is 17.1 Å². The first kappa shape index (κ1) is 24.7. The standard InChI is InChI=1S/C26H28F2N4O4/c1-2-20(26(28)3-5-35-6-4-26)16-7-19-23(21(27)8-16)25(36-18-9-17(33)10-18)32(24(19)34)14-22-30-12-15(11-29)13-31-22/h7-8,12-13,17-18,20,25,33H,2-6,9-10,14H2,1H3/t17?,18?,20-,25-/m1/s1. The van der Waals surface area contributed by atoms with E-state index in [1.807, 2.05) is 13.0 Å². The first-order valence-corrected chi connectivity index (χ1v) is 12.3. The summed E-state index contributed by atoms with van der Waals surface area (Å²) in [4.78, 5) is 23.2. The summed E-state index contributed by atoms with van der Waals surface area (Å²) in [6.45, 7) is 2.41. The summed E-state index contributed by atoms with van der Waals surface area (Å²) in [7, 11) is 0. The Balaban J connectivity index is 1.50. The van der Waals surface area contributed by atoms with Crippen LogP contribution in [0.4, 0.5) is 8.78 Å². The van der Waals surface area contributed by atoms with Gasteiger partial charge in [-0.1, -0.05) is 6.92 Å². The van der Waals surface area contributed by atoms with E-state index < -0.39 is 35.6 Å². The van der Waals surface area contributed by atoms with Crippen molar-refractivity contribution < 1.29 is 28.2 Å². The molecule has 0 radical (unpaired) electrons. The summed E-state index contributed by atoms with van der Waals surface area (Å²) in [5.74, 6) is -1.39. The zero-order valence-electron chi connectivity index (χ0n) is 20.0. The molecule has 1 saturated carbocycles. The number of halogens is 2. The van der Waals surface area contributed by atoms with Gasteiger partial charge in [-0.05, 0) is 37.0 Å². The molecule has 2 atom stereocenters. The number of aliphatic hydroxyl groups is 1. The summed E-state index contributed by atoms with van der Waals surface area (Å²) in [5, 5.41) is 18.7. The van der Waals surface area contributed by atoms with Crippen molar-refractivity contribution in [1.82, 2.24) is 14.9 Å². The van der Waals surface area contributed by atoms with Gasteiger partial charge in [0.05, 0.1) is 29.9 Å². The predicted octanol–water partition coefficient (Wildman–Crippen LogP) is 3.69. The minimum absolute atomic E-state index is 0.0600. The Labute approximate surface area is 207 Å². The number of hydrogen-bond donors (Lipinski definition) is 1. The van der Waals surface area contributed by atoms with E-state index in [0.717, 1.165) is 0 Å². The normalized spacial score (nSPS) is 25.7. The van der Waals surface area contributed by atoms with Crippen LogP contribution in [-0.4, -0.2) is 57.0 Å². The quantitative estimate of drug-likeness (QED) is 0.620. The average Bonchev–Trinajstić information content (AvgIpc) is 3.10. The van der Waals surface area contributed by atoms with Crippen molar-refractivity contribution in [2.24, 2.45) is 0 Å². The molecule has 5 rings (SSSR count). The smallest absolute Gasteiger partial charge is 0.257 e. The highest BCUT2D eigenvalue weighted by Gasteiger charge is 2.46. The van der Waals surface area contributed by atoms with Crippen LogP contribution in [0.5, 0.6) is 0 Å². The molecule has 2 aliphatic heterocycles. The predicted molar refractivity (Wildman–Crippen MR) is 123 cm³/mol. The van der Waals surface area contributed by atoms with Gasteiger partial charge in [0.1, 0.15) is 23.4 Å². The van der Waals surface area contributed by atoms with Crippen LogP contribution in [-0.2, 0) is 16.0 Å². The average molecular weight is 499 g/mol. The summed E-state index contributed by atoms with van der Waals surface area (Å²) >= 11 is 0. The summed E-state index contributed by atoms with van der Waals surface area (Å²) < 4.78 is 43.0. The molecular weight excluding hydrogens is 470 g/mol. The van der Waals surface area contributed by atoms with Gasteiger partial charge in [-0.2, -0.15) is 5.26 Å². The highest BCUT2D eigenvalue weighted by molar-refractivity contribution is 5.99. The molecule has 1 N–H and O–H groups in total. The number of nitrogens with zero attached hydrogens (tertiary/aromatic N) is 4. The molecule has 0 bridgehead atoms. The van der Waals surface area contributed by atoms with Gasteiger partial charge in [0.2, 0.25) is 0 Å². The van der Waals surface area contributed by atoms with Crippen molar-refractivity contribution in [3.8, 4) is 6.07 Å². The lowest BCUT2D eigenvalue weighted by Crippen LogP contribution is -2.40. The lowest BCUT2D eigenvalue weighted by Gasteiger charge is -2.37. The van der Waals surface area contributed by atoms with Crippen molar-refractivity contribution in [2.45, 2.75) is 75.6 Å². The number of amides is 1. The fraction of sp³-hybridized carbons (Fsp3) is 0.538. The van der Waals surface area contributed by atoms with E-state index in [2.05, 4.69) is 9.97 Å². The molecule has 0 spiro atoms. The molecule has 190 valence electrons. The van der Waals surface area contributed by atoms with Gasteiger partial charge in [-0.15, -0.1) is 0 Å². The van der Waals surface area contributed by atoms with Gasteiger partial charge in [0, 0.05) is 49.9 Å². The number of alkyl halides is 1. The Kier molecular flexibility index (Phi) is 6.72. The number of aliphatic hydroxyl groups excluding tert-OH is 1. The second-order valence-corrected chi connectivity index (χ2v) is 9.74. The van der Waals surface area contributed by atoms with Crippen LogP contribution < -0.4 is 0 Å². The second kappa shape index (κ2) is 9.81. The number of aromatic nitrogens is 2. The van der Waals surface area contributed by atoms with Gasteiger partial charge >= 0.3 is 0 Å². The van der Waals surface area contributed by atoms with Crippen LogP contribution in [0.15, 0.2) is 24.5 Å². The van der Waals surface area contributed by atoms with Crippen molar-refractivity contribution in [1.29, 1.82) is 5.26 Å². The Bertz CT molecular complexity index is 1170. The molecule has 1 aliphatic carbocycles. The molecule has 2 fully saturated rings. The third-order valence-corrected chi connectivity index (χ3v) is 7.47. The summed E-state index contributed by atoms with van der Waals surface area (Å²) in [6.07, 6.45) is 2.54. The minimum atomic E-state index is -1.54.